The van der Waals surface area contributed by atoms with E-state index >= 15 is 0 Å². The van der Waals surface area contributed by atoms with Crippen molar-refractivity contribution in [3.05, 3.63) is 51.7 Å². The number of alkyl halides is 3. The minimum atomic E-state index is -4.68. The highest BCUT2D eigenvalue weighted by atomic mass is 19.4. The maximum atomic E-state index is 13.3. The van der Waals surface area contributed by atoms with E-state index in [1.807, 2.05) is 25.1 Å². The maximum Gasteiger partial charge on any atom is 0.416 e. The standard InChI is InChI=1S/C24H29F3N8O2/c1-33(2)10-7-29-23-31-20-15-30-21(34-8-3-4-9-34)14-19(20)22(32-23)28-6-5-16-11-17(24(25,26)27)13-18(12-16)35(36)37/h11-15H,3-10H2,1-2H3,(H2,28,29,31,32). The van der Waals surface area contributed by atoms with Crippen LogP contribution >= 0.6 is 0 Å². The van der Waals surface area contributed by atoms with Crippen molar-refractivity contribution in [1.82, 2.24) is 19.9 Å². The Bertz CT molecular complexity index is 1260. The van der Waals surface area contributed by atoms with E-state index in [1.165, 1.54) is 6.07 Å². The molecule has 2 N–H and O–H groups in total. The number of likely N-dealkylation sites (N-methyl/N-ethyl adjacent to an activating group) is 1. The monoisotopic (exact) mass is 518 g/mol. The van der Waals surface area contributed by atoms with Gasteiger partial charge in [-0.15, -0.1) is 0 Å². The second-order valence-electron chi connectivity index (χ2n) is 9.20. The minimum absolute atomic E-state index is 0.129. The molecule has 3 aromatic rings. The van der Waals surface area contributed by atoms with Crippen LogP contribution < -0.4 is 15.5 Å². The van der Waals surface area contributed by atoms with Crippen molar-refractivity contribution in [2.24, 2.45) is 0 Å². The zero-order chi connectivity index (χ0) is 26.6. The number of halogens is 3. The van der Waals surface area contributed by atoms with E-state index in [4.69, 9.17) is 0 Å². The van der Waals surface area contributed by atoms with E-state index in [0.717, 1.165) is 49.7 Å². The van der Waals surface area contributed by atoms with E-state index in [0.29, 0.717) is 29.9 Å². The highest BCUT2D eigenvalue weighted by molar-refractivity contribution is 5.91. The fourth-order valence-corrected chi connectivity index (χ4v) is 4.16. The molecule has 0 unspecified atom stereocenters. The van der Waals surface area contributed by atoms with Crippen LogP contribution in [0, 0.1) is 10.1 Å². The van der Waals surface area contributed by atoms with Crippen LogP contribution in [-0.2, 0) is 12.6 Å². The van der Waals surface area contributed by atoms with Gasteiger partial charge < -0.3 is 20.4 Å². The second kappa shape index (κ2) is 11.1. The zero-order valence-corrected chi connectivity index (χ0v) is 20.7. The minimum Gasteiger partial charge on any atom is -0.369 e. The molecule has 4 rings (SSSR count). The molecule has 1 aliphatic heterocycles. The van der Waals surface area contributed by atoms with Gasteiger partial charge in [-0.05, 0) is 51.1 Å². The number of hydrogen-bond acceptors (Lipinski definition) is 9. The quantitative estimate of drug-likeness (QED) is 0.301. The molecule has 0 radical (unpaired) electrons. The lowest BCUT2D eigenvalue weighted by atomic mass is 10.1. The molecule has 0 aliphatic carbocycles. The summed E-state index contributed by atoms with van der Waals surface area (Å²) in [5.74, 6) is 1.74. The molecule has 13 heteroatoms. The lowest BCUT2D eigenvalue weighted by Gasteiger charge is -2.18. The number of nitrogens with one attached hydrogen (secondary N) is 2. The van der Waals surface area contributed by atoms with Crippen molar-refractivity contribution in [2.75, 3.05) is 62.4 Å². The van der Waals surface area contributed by atoms with Gasteiger partial charge in [0.1, 0.15) is 11.6 Å². The van der Waals surface area contributed by atoms with E-state index in [2.05, 4.69) is 30.5 Å². The third kappa shape index (κ3) is 6.73. The predicted octanol–water partition coefficient (Wildman–Crippen LogP) is 4.18. The fraction of sp³-hybridized carbons (Fsp3) is 0.458. The Hall–Kier alpha value is -3.74. The Morgan fingerprint density at radius 2 is 1.84 bits per heavy atom. The van der Waals surface area contributed by atoms with Gasteiger partial charge in [0.2, 0.25) is 5.95 Å². The highest BCUT2D eigenvalue weighted by Gasteiger charge is 2.32. The van der Waals surface area contributed by atoms with Gasteiger partial charge in [-0.2, -0.15) is 18.2 Å². The van der Waals surface area contributed by atoms with Crippen LogP contribution in [0.1, 0.15) is 24.0 Å². The molecule has 0 saturated carbocycles. The van der Waals surface area contributed by atoms with Gasteiger partial charge in [0.15, 0.2) is 0 Å². The van der Waals surface area contributed by atoms with E-state index < -0.39 is 22.4 Å². The normalized spacial score (nSPS) is 13.9. The number of pyridine rings is 1. The number of anilines is 3. The third-order valence-corrected chi connectivity index (χ3v) is 6.06. The van der Waals surface area contributed by atoms with Crippen molar-refractivity contribution in [3.8, 4) is 0 Å². The molecule has 198 valence electrons. The lowest BCUT2D eigenvalue weighted by molar-refractivity contribution is -0.385. The molecule has 0 atom stereocenters. The van der Waals surface area contributed by atoms with Gasteiger partial charge in [-0.25, -0.2) is 9.97 Å². The smallest absolute Gasteiger partial charge is 0.369 e. The number of non-ortho nitro benzene ring substituents is 1. The first-order valence-corrected chi connectivity index (χ1v) is 12.0. The first-order valence-electron chi connectivity index (χ1n) is 12.0. The number of rotatable bonds is 10. The Labute approximate surface area is 212 Å². The number of hydrogen-bond donors (Lipinski definition) is 2. The molecule has 1 aromatic carbocycles. The molecule has 0 amide bonds. The summed E-state index contributed by atoms with van der Waals surface area (Å²) >= 11 is 0. The molecule has 2 aromatic heterocycles. The molecular formula is C24H29F3N8O2. The SMILES string of the molecule is CN(C)CCNc1nc(NCCc2cc([N+](=O)[O-])cc(C(F)(F)F)c2)c2cc(N3CCCC3)ncc2n1. The average Bonchev–Trinajstić information content (AvgIpc) is 3.38. The van der Waals surface area contributed by atoms with Crippen molar-refractivity contribution >= 4 is 34.2 Å². The third-order valence-electron chi connectivity index (χ3n) is 6.06. The molecular weight excluding hydrogens is 489 g/mol. The summed E-state index contributed by atoms with van der Waals surface area (Å²) in [4.78, 5) is 28.3. The number of nitro benzene ring substituents is 1. The summed E-state index contributed by atoms with van der Waals surface area (Å²) < 4.78 is 39.8. The predicted molar refractivity (Wildman–Crippen MR) is 136 cm³/mol. The Morgan fingerprint density at radius 3 is 2.51 bits per heavy atom. The highest BCUT2D eigenvalue weighted by Crippen LogP contribution is 2.33. The Kier molecular flexibility index (Phi) is 7.91. The van der Waals surface area contributed by atoms with Crippen LogP contribution in [0.25, 0.3) is 10.9 Å². The van der Waals surface area contributed by atoms with E-state index in [-0.39, 0.29) is 18.5 Å². The summed E-state index contributed by atoms with van der Waals surface area (Å²) in [6.07, 6.45) is -0.658. The zero-order valence-electron chi connectivity index (χ0n) is 20.7. The first kappa shape index (κ1) is 26.3. The van der Waals surface area contributed by atoms with Gasteiger partial charge in [0.25, 0.3) is 5.69 Å². The van der Waals surface area contributed by atoms with Gasteiger partial charge in [0.05, 0.1) is 22.2 Å². The molecule has 1 saturated heterocycles. The molecule has 1 aliphatic rings. The van der Waals surface area contributed by atoms with E-state index in [1.54, 1.807) is 6.20 Å². The molecule has 0 spiro atoms. The summed E-state index contributed by atoms with van der Waals surface area (Å²) in [7, 11) is 3.91. The van der Waals surface area contributed by atoms with Crippen molar-refractivity contribution in [1.29, 1.82) is 0 Å². The van der Waals surface area contributed by atoms with Crippen LogP contribution in [0.4, 0.5) is 36.4 Å². The number of fused-ring (bicyclic) bond motifs is 1. The fourth-order valence-electron chi connectivity index (χ4n) is 4.16. The summed E-state index contributed by atoms with van der Waals surface area (Å²) in [5.41, 5.74) is -0.803. The van der Waals surface area contributed by atoms with Crippen LogP contribution in [0.3, 0.4) is 0 Å². The first-order chi connectivity index (χ1) is 17.6. The molecule has 3 heterocycles. The summed E-state index contributed by atoms with van der Waals surface area (Å²) in [6.45, 7) is 3.43. The molecule has 1 fully saturated rings. The Balaban J connectivity index is 1.59. The number of aromatic nitrogens is 3. The largest absolute Gasteiger partial charge is 0.416 e. The van der Waals surface area contributed by atoms with Gasteiger partial charge in [-0.1, -0.05) is 0 Å². The lowest BCUT2D eigenvalue weighted by Crippen LogP contribution is -2.22. The number of benzene rings is 1. The Morgan fingerprint density at radius 1 is 1.08 bits per heavy atom. The summed E-state index contributed by atoms with van der Waals surface area (Å²) in [6, 6.07) is 4.57. The molecule has 0 bridgehead atoms. The topological polar surface area (TPSA) is 112 Å². The second-order valence-corrected chi connectivity index (χ2v) is 9.20. The molecule has 10 nitrogen and oxygen atoms in total. The van der Waals surface area contributed by atoms with Crippen molar-refractivity contribution < 1.29 is 18.1 Å². The van der Waals surface area contributed by atoms with Crippen molar-refractivity contribution in [2.45, 2.75) is 25.4 Å². The summed E-state index contributed by atoms with van der Waals surface area (Å²) in [5, 5.41) is 18.3. The van der Waals surface area contributed by atoms with Gasteiger partial charge >= 0.3 is 6.18 Å². The average molecular weight is 519 g/mol. The van der Waals surface area contributed by atoms with Crippen LogP contribution in [0.2, 0.25) is 0 Å². The van der Waals surface area contributed by atoms with Crippen LogP contribution in [-0.4, -0.2) is 71.6 Å². The number of nitrogens with zero attached hydrogens (tertiary/aromatic N) is 6. The van der Waals surface area contributed by atoms with Crippen molar-refractivity contribution in [3.63, 3.8) is 0 Å². The van der Waals surface area contributed by atoms with Crippen LogP contribution in [0.5, 0.6) is 0 Å². The maximum absolute atomic E-state index is 13.3. The molecule has 37 heavy (non-hydrogen) atoms. The van der Waals surface area contributed by atoms with Gasteiger partial charge in [-0.3, -0.25) is 10.1 Å². The van der Waals surface area contributed by atoms with E-state index in [9.17, 15) is 23.3 Å². The van der Waals surface area contributed by atoms with Crippen LogP contribution in [0.15, 0.2) is 30.5 Å². The number of nitro groups is 1. The van der Waals surface area contributed by atoms with Gasteiger partial charge in [0, 0.05) is 50.2 Å².